The second kappa shape index (κ2) is 8.24. The lowest BCUT2D eigenvalue weighted by atomic mass is 10.1. The van der Waals surface area contributed by atoms with Crippen LogP contribution in [0.1, 0.15) is 12.0 Å². The molecule has 8 heteroatoms. The number of nitrogens with one attached hydrogen (secondary N) is 3. The van der Waals surface area contributed by atoms with Crippen LogP contribution in [0, 0.1) is 0 Å². The zero-order valence-electron chi connectivity index (χ0n) is 14.9. The average Bonchev–Trinajstić information content (AvgIpc) is 3.08. The van der Waals surface area contributed by atoms with Crippen LogP contribution in [-0.4, -0.2) is 33.1 Å². The molecule has 0 aliphatic rings. The quantitative estimate of drug-likeness (QED) is 0.542. The lowest BCUT2D eigenvalue weighted by molar-refractivity contribution is 0.187. The summed E-state index contributed by atoms with van der Waals surface area (Å²) in [5, 5.41) is 3.62. The molecule has 0 radical (unpaired) electrons. The van der Waals surface area contributed by atoms with E-state index in [0.717, 1.165) is 16.5 Å². The highest BCUT2D eigenvalue weighted by molar-refractivity contribution is 7.89. The fraction of sp³-hybridized carbons (Fsp3) is 0.211. The molecule has 3 rings (SSSR count). The molecule has 1 amide bonds. The number of amides is 1. The number of ether oxygens (including phenoxy) is 1. The van der Waals surface area contributed by atoms with Crippen molar-refractivity contribution in [1.82, 2.24) is 9.71 Å². The first kappa shape index (κ1) is 18.9. The number of sulfonamides is 1. The van der Waals surface area contributed by atoms with Gasteiger partial charge in [0.15, 0.2) is 0 Å². The van der Waals surface area contributed by atoms with E-state index in [1.807, 2.05) is 18.3 Å². The highest BCUT2D eigenvalue weighted by Crippen LogP contribution is 2.23. The van der Waals surface area contributed by atoms with E-state index in [1.54, 1.807) is 36.4 Å². The van der Waals surface area contributed by atoms with E-state index in [1.165, 1.54) is 7.11 Å². The number of benzene rings is 2. The molecule has 1 aromatic heterocycles. The number of carbonyl (C=O) groups excluding carboxylic acids is 1. The van der Waals surface area contributed by atoms with Crippen LogP contribution in [0.4, 0.5) is 10.5 Å². The maximum atomic E-state index is 12.2. The summed E-state index contributed by atoms with van der Waals surface area (Å²) in [7, 11) is -2.17. The van der Waals surface area contributed by atoms with Gasteiger partial charge in [-0.05, 0) is 48.7 Å². The molecule has 0 atom stereocenters. The van der Waals surface area contributed by atoms with Gasteiger partial charge in [-0.2, -0.15) is 0 Å². The van der Waals surface area contributed by atoms with Crippen LogP contribution in [0.25, 0.3) is 10.9 Å². The minimum Gasteiger partial charge on any atom is -0.453 e. The minimum atomic E-state index is -3.49. The predicted octanol–water partition coefficient (Wildman–Crippen LogP) is 3.26. The van der Waals surface area contributed by atoms with Gasteiger partial charge < -0.3 is 9.72 Å². The number of aryl methyl sites for hydroxylation is 1. The Hall–Kier alpha value is -2.84. The van der Waals surface area contributed by atoms with Crippen LogP contribution >= 0.6 is 0 Å². The highest BCUT2D eigenvalue weighted by Gasteiger charge is 2.12. The number of aromatic nitrogens is 1. The van der Waals surface area contributed by atoms with E-state index in [9.17, 15) is 13.2 Å². The van der Waals surface area contributed by atoms with E-state index in [-0.39, 0.29) is 4.90 Å². The fourth-order valence-electron chi connectivity index (χ4n) is 2.80. The maximum Gasteiger partial charge on any atom is 0.411 e. The van der Waals surface area contributed by atoms with E-state index in [0.29, 0.717) is 25.1 Å². The summed E-state index contributed by atoms with van der Waals surface area (Å²) in [4.78, 5) is 14.8. The van der Waals surface area contributed by atoms with Gasteiger partial charge >= 0.3 is 6.09 Å². The predicted molar refractivity (Wildman–Crippen MR) is 104 cm³/mol. The van der Waals surface area contributed by atoms with Gasteiger partial charge in [-0.3, -0.25) is 5.32 Å². The van der Waals surface area contributed by atoms with Gasteiger partial charge in [0.25, 0.3) is 0 Å². The van der Waals surface area contributed by atoms with Crippen molar-refractivity contribution in [3.05, 3.63) is 60.3 Å². The van der Waals surface area contributed by atoms with E-state index in [4.69, 9.17) is 0 Å². The second-order valence-corrected chi connectivity index (χ2v) is 7.77. The largest absolute Gasteiger partial charge is 0.453 e. The van der Waals surface area contributed by atoms with Crippen LogP contribution in [0.3, 0.4) is 0 Å². The Morgan fingerprint density at radius 1 is 1.15 bits per heavy atom. The number of rotatable bonds is 7. The Morgan fingerprint density at radius 3 is 2.67 bits per heavy atom. The van der Waals surface area contributed by atoms with Crippen molar-refractivity contribution in [2.24, 2.45) is 0 Å². The van der Waals surface area contributed by atoms with Crippen LogP contribution in [0.15, 0.2) is 59.6 Å². The molecule has 3 N–H and O–H groups in total. The van der Waals surface area contributed by atoms with Crippen LogP contribution < -0.4 is 10.0 Å². The van der Waals surface area contributed by atoms with Gasteiger partial charge in [-0.1, -0.05) is 18.2 Å². The standard InChI is InChI=1S/C19H21N3O4S/c1-26-19(23)22-15-9-10-18-17(12-15)14(13-20-18)6-5-11-21-27(24,25)16-7-3-2-4-8-16/h2-4,7-10,12-13,20-21H,5-6,11H2,1H3,(H,22,23). The summed E-state index contributed by atoms with van der Waals surface area (Å²) in [6.45, 7) is 0.337. The van der Waals surface area contributed by atoms with E-state index in [2.05, 4.69) is 19.8 Å². The Bertz CT molecular complexity index is 1030. The summed E-state index contributed by atoms with van der Waals surface area (Å²) in [6, 6.07) is 13.8. The minimum absolute atomic E-state index is 0.260. The summed E-state index contributed by atoms with van der Waals surface area (Å²) in [5.74, 6) is 0. The molecule has 2 aromatic carbocycles. The number of aromatic amines is 1. The monoisotopic (exact) mass is 387 g/mol. The molecule has 0 saturated heterocycles. The zero-order chi connectivity index (χ0) is 19.3. The molecule has 1 heterocycles. The van der Waals surface area contributed by atoms with Crippen molar-refractivity contribution < 1.29 is 17.9 Å². The van der Waals surface area contributed by atoms with Crippen molar-refractivity contribution in [3.8, 4) is 0 Å². The fourth-order valence-corrected chi connectivity index (χ4v) is 3.90. The first-order valence-corrected chi connectivity index (χ1v) is 9.97. The molecule has 3 aromatic rings. The summed E-state index contributed by atoms with van der Waals surface area (Å²) < 4.78 is 31.6. The third-order valence-electron chi connectivity index (χ3n) is 4.17. The Kier molecular flexibility index (Phi) is 5.78. The average molecular weight is 387 g/mol. The number of methoxy groups -OCH3 is 1. The molecule has 0 aliphatic carbocycles. The number of fused-ring (bicyclic) bond motifs is 1. The normalized spacial score (nSPS) is 11.4. The van der Waals surface area contributed by atoms with Crippen LogP contribution in [0.2, 0.25) is 0 Å². The molecular weight excluding hydrogens is 366 g/mol. The lowest BCUT2D eigenvalue weighted by Crippen LogP contribution is -2.25. The van der Waals surface area contributed by atoms with Crippen LogP contribution in [-0.2, 0) is 21.2 Å². The third-order valence-corrected chi connectivity index (χ3v) is 5.64. The molecule has 27 heavy (non-hydrogen) atoms. The van der Waals surface area contributed by atoms with Crippen molar-refractivity contribution >= 4 is 32.7 Å². The summed E-state index contributed by atoms with van der Waals surface area (Å²) >= 11 is 0. The number of H-pyrrole nitrogens is 1. The Labute approximate surface area is 157 Å². The molecule has 0 bridgehead atoms. The first-order chi connectivity index (χ1) is 13.0. The van der Waals surface area contributed by atoms with Gasteiger partial charge in [0, 0.05) is 29.3 Å². The van der Waals surface area contributed by atoms with Crippen molar-refractivity contribution in [2.45, 2.75) is 17.7 Å². The number of anilines is 1. The Morgan fingerprint density at radius 2 is 1.93 bits per heavy atom. The molecule has 0 spiro atoms. The second-order valence-electron chi connectivity index (χ2n) is 6.01. The number of hydrogen-bond acceptors (Lipinski definition) is 4. The van der Waals surface area contributed by atoms with E-state index >= 15 is 0 Å². The van der Waals surface area contributed by atoms with Crippen molar-refractivity contribution in [3.63, 3.8) is 0 Å². The van der Waals surface area contributed by atoms with Gasteiger partial charge in [0.05, 0.1) is 12.0 Å². The number of carbonyl (C=O) groups is 1. The van der Waals surface area contributed by atoms with Crippen molar-refractivity contribution in [2.75, 3.05) is 19.0 Å². The third kappa shape index (κ3) is 4.66. The molecule has 7 nitrogen and oxygen atoms in total. The smallest absolute Gasteiger partial charge is 0.411 e. The van der Waals surface area contributed by atoms with Gasteiger partial charge in [0.2, 0.25) is 10.0 Å². The SMILES string of the molecule is COC(=O)Nc1ccc2[nH]cc(CCCNS(=O)(=O)c3ccccc3)c2c1. The molecule has 0 aliphatic heterocycles. The van der Waals surface area contributed by atoms with Gasteiger partial charge in [0.1, 0.15) is 0 Å². The Balaban J connectivity index is 1.62. The zero-order valence-corrected chi connectivity index (χ0v) is 15.7. The molecule has 0 saturated carbocycles. The topological polar surface area (TPSA) is 100 Å². The summed E-state index contributed by atoms with van der Waals surface area (Å²) in [5.41, 5.74) is 2.64. The first-order valence-electron chi connectivity index (χ1n) is 8.49. The van der Waals surface area contributed by atoms with Gasteiger partial charge in [-0.15, -0.1) is 0 Å². The highest BCUT2D eigenvalue weighted by atomic mass is 32.2. The van der Waals surface area contributed by atoms with Crippen LogP contribution in [0.5, 0.6) is 0 Å². The van der Waals surface area contributed by atoms with E-state index < -0.39 is 16.1 Å². The summed E-state index contributed by atoms with van der Waals surface area (Å²) in [6.07, 6.45) is 2.71. The molecule has 142 valence electrons. The number of hydrogen-bond donors (Lipinski definition) is 3. The molecular formula is C19H21N3O4S. The van der Waals surface area contributed by atoms with Gasteiger partial charge in [-0.25, -0.2) is 17.9 Å². The molecule has 0 unspecified atom stereocenters. The molecule has 0 fully saturated rings. The lowest BCUT2D eigenvalue weighted by Gasteiger charge is -2.07. The van der Waals surface area contributed by atoms with Crippen molar-refractivity contribution in [1.29, 1.82) is 0 Å². The maximum absolute atomic E-state index is 12.2.